The second kappa shape index (κ2) is 11.8. The van der Waals surface area contributed by atoms with Crippen LogP contribution in [0.5, 0.6) is 5.88 Å². The summed E-state index contributed by atoms with van der Waals surface area (Å²) in [5, 5.41) is 0. The van der Waals surface area contributed by atoms with Gasteiger partial charge in [0.15, 0.2) is 0 Å². The van der Waals surface area contributed by atoms with Crippen molar-refractivity contribution in [1.29, 1.82) is 0 Å². The van der Waals surface area contributed by atoms with Crippen LogP contribution >= 0.6 is 0 Å². The number of pyridine rings is 2. The SMILES string of the molecule is CCN(CC)c1cccc(C(C)CCC(C)CCOc2ccc(C(C)C)cn2)n1. The van der Waals surface area contributed by atoms with Gasteiger partial charge in [-0.05, 0) is 68.6 Å². The van der Waals surface area contributed by atoms with E-state index in [1.165, 1.54) is 17.7 Å². The van der Waals surface area contributed by atoms with Gasteiger partial charge in [-0.25, -0.2) is 9.97 Å². The van der Waals surface area contributed by atoms with E-state index in [0.29, 0.717) is 17.8 Å². The van der Waals surface area contributed by atoms with E-state index in [1.807, 2.05) is 12.3 Å². The van der Waals surface area contributed by atoms with Gasteiger partial charge in [0.25, 0.3) is 0 Å². The number of nitrogens with zero attached hydrogens (tertiary/aromatic N) is 3. The fourth-order valence-corrected chi connectivity index (χ4v) is 3.45. The van der Waals surface area contributed by atoms with Crippen molar-refractivity contribution in [3.05, 3.63) is 47.8 Å². The topological polar surface area (TPSA) is 38.2 Å². The van der Waals surface area contributed by atoms with Gasteiger partial charge in [0.1, 0.15) is 5.82 Å². The zero-order chi connectivity index (χ0) is 21.2. The highest BCUT2D eigenvalue weighted by atomic mass is 16.5. The summed E-state index contributed by atoms with van der Waals surface area (Å²) in [6.07, 6.45) is 5.30. The minimum atomic E-state index is 0.471. The van der Waals surface area contributed by atoms with Gasteiger partial charge < -0.3 is 9.64 Å². The molecule has 4 heteroatoms. The van der Waals surface area contributed by atoms with Crippen LogP contribution in [0.3, 0.4) is 0 Å². The van der Waals surface area contributed by atoms with Gasteiger partial charge in [0.2, 0.25) is 5.88 Å². The average molecular weight is 398 g/mol. The molecule has 29 heavy (non-hydrogen) atoms. The van der Waals surface area contributed by atoms with Gasteiger partial charge in [0.05, 0.1) is 6.61 Å². The predicted octanol–water partition coefficient (Wildman–Crippen LogP) is 6.44. The molecule has 0 aromatic carbocycles. The average Bonchev–Trinajstić information content (AvgIpc) is 2.73. The molecule has 0 amide bonds. The van der Waals surface area contributed by atoms with Crippen molar-refractivity contribution in [2.75, 3.05) is 24.6 Å². The Labute approximate surface area is 177 Å². The molecule has 2 heterocycles. The number of hydrogen-bond acceptors (Lipinski definition) is 4. The Balaban J connectivity index is 1.75. The third-order valence-electron chi connectivity index (χ3n) is 5.73. The van der Waals surface area contributed by atoms with Crippen LogP contribution in [0.25, 0.3) is 0 Å². The fraction of sp³-hybridized carbons (Fsp3) is 0.600. The quantitative estimate of drug-likeness (QED) is 0.413. The van der Waals surface area contributed by atoms with E-state index in [2.05, 4.69) is 75.7 Å². The summed E-state index contributed by atoms with van der Waals surface area (Å²) in [7, 11) is 0. The molecule has 0 aliphatic carbocycles. The van der Waals surface area contributed by atoms with Gasteiger partial charge >= 0.3 is 0 Å². The number of hydrogen-bond donors (Lipinski definition) is 0. The van der Waals surface area contributed by atoms with E-state index in [1.54, 1.807) is 0 Å². The zero-order valence-corrected chi connectivity index (χ0v) is 19.2. The summed E-state index contributed by atoms with van der Waals surface area (Å²) in [5.41, 5.74) is 2.45. The van der Waals surface area contributed by atoms with Crippen LogP contribution in [0.2, 0.25) is 0 Å². The van der Waals surface area contributed by atoms with Crippen LogP contribution in [0.15, 0.2) is 36.5 Å². The van der Waals surface area contributed by atoms with Crippen LogP contribution in [-0.4, -0.2) is 29.7 Å². The lowest BCUT2D eigenvalue weighted by molar-refractivity contribution is 0.267. The lowest BCUT2D eigenvalue weighted by Crippen LogP contribution is -2.23. The highest BCUT2D eigenvalue weighted by molar-refractivity contribution is 5.39. The molecule has 0 aliphatic heterocycles. The van der Waals surface area contributed by atoms with Crippen molar-refractivity contribution in [3.63, 3.8) is 0 Å². The molecule has 2 aromatic rings. The van der Waals surface area contributed by atoms with Crippen LogP contribution < -0.4 is 9.64 Å². The highest BCUT2D eigenvalue weighted by Crippen LogP contribution is 2.25. The lowest BCUT2D eigenvalue weighted by atomic mass is 9.94. The molecule has 0 N–H and O–H groups in total. The Hall–Kier alpha value is -2.10. The number of rotatable bonds is 12. The summed E-state index contributed by atoms with van der Waals surface area (Å²) >= 11 is 0. The molecule has 0 fully saturated rings. The molecule has 2 unspecified atom stereocenters. The van der Waals surface area contributed by atoms with E-state index < -0.39 is 0 Å². The molecule has 2 atom stereocenters. The first-order valence-corrected chi connectivity index (χ1v) is 11.2. The maximum atomic E-state index is 5.84. The molecular formula is C25H39N3O. The maximum Gasteiger partial charge on any atom is 0.213 e. The van der Waals surface area contributed by atoms with Crippen LogP contribution in [0, 0.1) is 5.92 Å². The van der Waals surface area contributed by atoms with Gasteiger partial charge in [-0.15, -0.1) is 0 Å². The smallest absolute Gasteiger partial charge is 0.213 e. The summed E-state index contributed by atoms with van der Waals surface area (Å²) in [4.78, 5) is 11.6. The summed E-state index contributed by atoms with van der Waals surface area (Å²) in [6.45, 7) is 16.0. The first-order chi connectivity index (χ1) is 13.9. The standard InChI is InChI=1S/C25H39N3O/c1-7-28(8-2)24-11-9-10-23(27-24)21(6)13-12-20(5)16-17-29-25-15-14-22(18-26-25)19(3)4/h9-11,14-15,18-21H,7-8,12-13,16-17H2,1-6H3. The van der Waals surface area contributed by atoms with Crippen molar-refractivity contribution in [3.8, 4) is 5.88 Å². The summed E-state index contributed by atoms with van der Waals surface area (Å²) in [5.74, 6) is 3.42. The molecule has 0 aliphatic rings. The van der Waals surface area contributed by atoms with Gasteiger partial charge in [0, 0.05) is 31.0 Å². The maximum absolute atomic E-state index is 5.84. The molecule has 0 saturated heterocycles. The van der Waals surface area contributed by atoms with Crippen LogP contribution in [0.1, 0.15) is 83.9 Å². The summed E-state index contributed by atoms with van der Waals surface area (Å²) in [6, 6.07) is 10.5. The second-order valence-corrected chi connectivity index (χ2v) is 8.40. The van der Waals surface area contributed by atoms with Crippen molar-refractivity contribution < 1.29 is 4.74 Å². The van der Waals surface area contributed by atoms with E-state index >= 15 is 0 Å². The predicted molar refractivity (Wildman–Crippen MR) is 123 cm³/mol. The Kier molecular flexibility index (Phi) is 9.43. The molecular weight excluding hydrogens is 358 g/mol. The molecule has 4 nitrogen and oxygen atoms in total. The summed E-state index contributed by atoms with van der Waals surface area (Å²) < 4.78 is 5.84. The Morgan fingerprint density at radius 3 is 2.31 bits per heavy atom. The van der Waals surface area contributed by atoms with Crippen molar-refractivity contribution in [1.82, 2.24) is 9.97 Å². The fourth-order valence-electron chi connectivity index (χ4n) is 3.45. The normalized spacial score (nSPS) is 13.3. The molecule has 2 aromatic heterocycles. The Morgan fingerprint density at radius 1 is 0.931 bits per heavy atom. The van der Waals surface area contributed by atoms with Crippen molar-refractivity contribution >= 4 is 5.82 Å². The Morgan fingerprint density at radius 2 is 1.69 bits per heavy atom. The molecule has 0 saturated carbocycles. The first kappa shape index (κ1) is 23.2. The van der Waals surface area contributed by atoms with Crippen molar-refractivity contribution in [2.45, 2.75) is 72.6 Å². The first-order valence-electron chi connectivity index (χ1n) is 11.2. The highest BCUT2D eigenvalue weighted by Gasteiger charge is 2.12. The van der Waals surface area contributed by atoms with E-state index in [0.717, 1.165) is 44.2 Å². The second-order valence-electron chi connectivity index (χ2n) is 8.40. The van der Waals surface area contributed by atoms with Crippen molar-refractivity contribution in [2.24, 2.45) is 5.92 Å². The zero-order valence-electron chi connectivity index (χ0n) is 19.2. The van der Waals surface area contributed by atoms with E-state index in [-0.39, 0.29) is 0 Å². The lowest BCUT2D eigenvalue weighted by Gasteiger charge is -2.22. The molecule has 2 rings (SSSR count). The van der Waals surface area contributed by atoms with Crippen LogP contribution in [0.4, 0.5) is 5.82 Å². The van der Waals surface area contributed by atoms with Crippen LogP contribution in [-0.2, 0) is 0 Å². The molecule has 0 bridgehead atoms. The van der Waals surface area contributed by atoms with E-state index in [9.17, 15) is 0 Å². The third kappa shape index (κ3) is 7.34. The number of aromatic nitrogens is 2. The third-order valence-corrected chi connectivity index (χ3v) is 5.73. The molecule has 160 valence electrons. The molecule has 0 radical (unpaired) electrons. The Bertz CT molecular complexity index is 710. The minimum absolute atomic E-state index is 0.471. The van der Waals surface area contributed by atoms with Gasteiger partial charge in [-0.2, -0.15) is 0 Å². The van der Waals surface area contributed by atoms with Gasteiger partial charge in [-0.3, -0.25) is 0 Å². The number of ether oxygens (including phenoxy) is 1. The van der Waals surface area contributed by atoms with E-state index in [4.69, 9.17) is 9.72 Å². The molecule has 0 spiro atoms. The number of anilines is 1. The minimum Gasteiger partial charge on any atom is -0.478 e. The van der Waals surface area contributed by atoms with Gasteiger partial charge in [-0.1, -0.05) is 39.8 Å². The monoisotopic (exact) mass is 397 g/mol. The largest absolute Gasteiger partial charge is 0.478 e.